The van der Waals surface area contributed by atoms with Gasteiger partial charge in [0.1, 0.15) is 24.8 Å². The number of hydrogen-bond donors (Lipinski definition) is 2. The van der Waals surface area contributed by atoms with E-state index in [1.165, 1.54) is 16.8 Å². The van der Waals surface area contributed by atoms with Crippen LogP contribution < -0.4 is 11.4 Å². The predicted octanol–water partition coefficient (Wildman–Crippen LogP) is -0.876. The average molecular weight is 265 g/mol. The molecule has 1 aromatic rings. The maximum Gasteiger partial charge on any atom is 0.351 e. The highest BCUT2D eigenvalue weighted by Crippen LogP contribution is 2.29. The van der Waals surface area contributed by atoms with Gasteiger partial charge < -0.3 is 20.3 Å². The van der Waals surface area contributed by atoms with Gasteiger partial charge in [0.2, 0.25) is 0 Å². The quantitative estimate of drug-likeness (QED) is 0.686. The number of aliphatic hydroxyl groups excluding tert-OH is 1. The largest absolute Gasteiger partial charge is 0.394 e. The molecule has 0 unspecified atom stereocenters. The molecule has 102 valence electrons. The van der Waals surface area contributed by atoms with E-state index in [1.807, 2.05) is 0 Å². The maximum atomic E-state index is 11.7. The van der Waals surface area contributed by atoms with Crippen molar-refractivity contribution in [1.29, 1.82) is 0 Å². The van der Waals surface area contributed by atoms with Gasteiger partial charge >= 0.3 is 5.69 Å². The van der Waals surface area contributed by atoms with E-state index in [9.17, 15) is 9.90 Å². The van der Waals surface area contributed by atoms with Gasteiger partial charge in [0.15, 0.2) is 0 Å². The standard InChI is InChI=1S/C12H15N3O4/c1-2-5-18-8-6-11(19-9(8)7-16)15-4-3-10(13)14-12(15)17/h1,3-4,8-9,11,16H,5-7H2,(H2,13,14,17)/t8-,9-,11-/m1/s1. The van der Waals surface area contributed by atoms with Gasteiger partial charge in [0.25, 0.3) is 0 Å². The molecular weight excluding hydrogens is 250 g/mol. The molecule has 3 N–H and O–H groups in total. The van der Waals surface area contributed by atoms with Crippen molar-refractivity contribution in [1.82, 2.24) is 9.55 Å². The highest BCUT2D eigenvalue weighted by Gasteiger charge is 2.36. The van der Waals surface area contributed by atoms with E-state index in [2.05, 4.69) is 10.9 Å². The van der Waals surface area contributed by atoms with Gasteiger partial charge in [-0.05, 0) is 6.07 Å². The van der Waals surface area contributed by atoms with Crippen LogP contribution in [0.15, 0.2) is 17.1 Å². The van der Waals surface area contributed by atoms with Gasteiger partial charge in [-0.2, -0.15) is 4.98 Å². The first-order chi connectivity index (χ1) is 9.15. The Morgan fingerprint density at radius 2 is 2.53 bits per heavy atom. The molecule has 1 aliphatic heterocycles. The van der Waals surface area contributed by atoms with Crippen molar-refractivity contribution < 1.29 is 14.6 Å². The zero-order valence-electron chi connectivity index (χ0n) is 10.2. The summed E-state index contributed by atoms with van der Waals surface area (Å²) in [6.07, 6.45) is 5.64. The lowest BCUT2D eigenvalue weighted by molar-refractivity contribution is -0.0575. The number of aliphatic hydroxyl groups is 1. The number of terminal acetylenes is 1. The van der Waals surface area contributed by atoms with Crippen molar-refractivity contribution in [2.75, 3.05) is 18.9 Å². The molecule has 19 heavy (non-hydrogen) atoms. The number of aromatic nitrogens is 2. The lowest BCUT2D eigenvalue weighted by atomic mass is 10.2. The number of rotatable bonds is 4. The predicted molar refractivity (Wildman–Crippen MR) is 67.1 cm³/mol. The van der Waals surface area contributed by atoms with Crippen LogP contribution in [0.3, 0.4) is 0 Å². The number of nitrogens with zero attached hydrogens (tertiary/aromatic N) is 2. The van der Waals surface area contributed by atoms with Crippen LogP contribution in [0.25, 0.3) is 0 Å². The van der Waals surface area contributed by atoms with Crippen molar-refractivity contribution in [2.45, 2.75) is 24.9 Å². The topological polar surface area (TPSA) is 99.6 Å². The number of anilines is 1. The summed E-state index contributed by atoms with van der Waals surface area (Å²) in [5, 5.41) is 9.23. The lowest BCUT2D eigenvalue weighted by Crippen LogP contribution is -2.28. The zero-order chi connectivity index (χ0) is 13.8. The van der Waals surface area contributed by atoms with Crippen molar-refractivity contribution in [3.05, 3.63) is 22.7 Å². The monoisotopic (exact) mass is 265 g/mol. The Morgan fingerprint density at radius 3 is 3.16 bits per heavy atom. The Labute approximate surface area is 110 Å². The van der Waals surface area contributed by atoms with Crippen LogP contribution >= 0.6 is 0 Å². The second-order valence-corrected chi connectivity index (χ2v) is 4.14. The SMILES string of the molecule is C#CCO[C@@H]1C[C@H](n2ccc(N)nc2=O)O[C@@H]1CO. The van der Waals surface area contributed by atoms with E-state index in [-0.39, 0.29) is 25.1 Å². The Hall–Kier alpha value is -1.88. The third-order valence-corrected chi connectivity index (χ3v) is 2.90. The van der Waals surface area contributed by atoms with Crippen molar-refractivity contribution >= 4 is 5.82 Å². The second kappa shape index (κ2) is 5.84. The van der Waals surface area contributed by atoms with Crippen LogP contribution in [0.5, 0.6) is 0 Å². The summed E-state index contributed by atoms with van der Waals surface area (Å²) in [4.78, 5) is 15.3. The number of nitrogens with two attached hydrogens (primary N) is 1. The number of ether oxygens (including phenoxy) is 2. The van der Waals surface area contributed by atoms with E-state index in [1.54, 1.807) is 0 Å². The molecule has 0 bridgehead atoms. The fourth-order valence-corrected chi connectivity index (χ4v) is 2.01. The molecule has 0 saturated carbocycles. The summed E-state index contributed by atoms with van der Waals surface area (Å²) in [7, 11) is 0. The Morgan fingerprint density at radius 1 is 1.74 bits per heavy atom. The van der Waals surface area contributed by atoms with Crippen LogP contribution in [0, 0.1) is 12.3 Å². The molecule has 0 spiro atoms. The highest BCUT2D eigenvalue weighted by atomic mass is 16.6. The summed E-state index contributed by atoms with van der Waals surface area (Å²) in [6, 6.07) is 1.51. The summed E-state index contributed by atoms with van der Waals surface area (Å²) >= 11 is 0. The molecule has 2 rings (SSSR count). The molecule has 0 radical (unpaired) electrons. The molecule has 1 aromatic heterocycles. The molecule has 3 atom stereocenters. The normalized spacial score (nSPS) is 26.2. The van der Waals surface area contributed by atoms with Gasteiger partial charge in [-0.1, -0.05) is 5.92 Å². The summed E-state index contributed by atoms with van der Waals surface area (Å²) in [6.45, 7) is -0.0744. The first-order valence-electron chi connectivity index (χ1n) is 5.81. The van der Waals surface area contributed by atoms with E-state index in [4.69, 9.17) is 21.6 Å². The molecule has 0 amide bonds. The first-order valence-corrected chi connectivity index (χ1v) is 5.81. The minimum Gasteiger partial charge on any atom is -0.394 e. The van der Waals surface area contributed by atoms with Crippen LogP contribution in [-0.2, 0) is 9.47 Å². The van der Waals surface area contributed by atoms with E-state index >= 15 is 0 Å². The average Bonchev–Trinajstić information content (AvgIpc) is 2.79. The Bertz CT molecular complexity index is 537. The second-order valence-electron chi connectivity index (χ2n) is 4.14. The molecule has 7 heteroatoms. The fraction of sp³-hybridized carbons (Fsp3) is 0.500. The molecule has 0 aliphatic carbocycles. The van der Waals surface area contributed by atoms with Crippen molar-refractivity contribution in [3.8, 4) is 12.3 Å². The molecule has 2 heterocycles. The maximum absolute atomic E-state index is 11.7. The van der Waals surface area contributed by atoms with Gasteiger partial charge in [0, 0.05) is 12.6 Å². The molecular formula is C12H15N3O4. The van der Waals surface area contributed by atoms with Crippen LogP contribution in [-0.4, -0.2) is 40.1 Å². The molecule has 1 fully saturated rings. The summed E-state index contributed by atoms with van der Waals surface area (Å²) < 4.78 is 12.3. The summed E-state index contributed by atoms with van der Waals surface area (Å²) in [5.74, 6) is 2.51. The Balaban J connectivity index is 2.15. The number of nitrogen functional groups attached to an aromatic ring is 1. The van der Waals surface area contributed by atoms with E-state index in [0.29, 0.717) is 6.42 Å². The van der Waals surface area contributed by atoms with Gasteiger partial charge in [-0.25, -0.2) is 4.79 Å². The number of hydrogen-bond acceptors (Lipinski definition) is 6. The third kappa shape index (κ3) is 2.93. The summed E-state index contributed by atoms with van der Waals surface area (Å²) in [5.41, 5.74) is 4.92. The molecule has 0 aromatic carbocycles. The lowest BCUT2D eigenvalue weighted by Gasteiger charge is -2.15. The van der Waals surface area contributed by atoms with Gasteiger partial charge in [-0.15, -0.1) is 6.42 Å². The first kappa shape index (κ1) is 13.5. The van der Waals surface area contributed by atoms with Gasteiger partial charge in [0.05, 0.1) is 12.7 Å². The third-order valence-electron chi connectivity index (χ3n) is 2.90. The van der Waals surface area contributed by atoms with Crippen molar-refractivity contribution in [2.24, 2.45) is 0 Å². The van der Waals surface area contributed by atoms with Crippen LogP contribution in [0.1, 0.15) is 12.6 Å². The van der Waals surface area contributed by atoms with E-state index in [0.717, 1.165) is 0 Å². The van der Waals surface area contributed by atoms with E-state index < -0.39 is 18.0 Å². The molecule has 7 nitrogen and oxygen atoms in total. The minimum absolute atomic E-state index is 0.131. The Kier molecular flexibility index (Phi) is 4.16. The zero-order valence-corrected chi connectivity index (χ0v) is 10.2. The minimum atomic E-state index is -0.541. The van der Waals surface area contributed by atoms with Crippen molar-refractivity contribution in [3.63, 3.8) is 0 Å². The smallest absolute Gasteiger partial charge is 0.351 e. The molecule has 1 aliphatic rings. The molecule has 1 saturated heterocycles. The highest BCUT2D eigenvalue weighted by molar-refractivity contribution is 5.23. The van der Waals surface area contributed by atoms with Gasteiger partial charge in [-0.3, -0.25) is 4.57 Å². The fourth-order valence-electron chi connectivity index (χ4n) is 2.01. The van der Waals surface area contributed by atoms with Crippen LogP contribution in [0.4, 0.5) is 5.82 Å². The van der Waals surface area contributed by atoms with Crippen LogP contribution in [0.2, 0.25) is 0 Å².